The van der Waals surface area contributed by atoms with Gasteiger partial charge >= 0.3 is 0 Å². The minimum absolute atomic E-state index is 0.0236. The lowest BCUT2D eigenvalue weighted by atomic mass is 9.91. The van der Waals surface area contributed by atoms with Gasteiger partial charge in [0.2, 0.25) is 5.91 Å². The van der Waals surface area contributed by atoms with E-state index in [4.69, 9.17) is 11.6 Å². The molecule has 0 bridgehead atoms. The molecule has 7 nitrogen and oxygen atoms in total. The Morgan fingerprint density at radius 1 is 0.971 bits per heavy atom. The molecule has 35 heavy (non-hydrogen) atoms. The van der Waals surface area contributed by atoms with E-state index in [1.54, 1.807) is 17.0 Å². The number of hydrogen-bond donors (Lipinski definition) is 2. The van der Waals surface area contributed by atoms with Gasteiger partial charge in [-0.2, -0.15) is 0 Å². The van der Waals surface area contributed by atoms with Crippen LogP contribution in [0.5, 0.6) is 0 Å². The second kappa shape index (κ2) is 10.3. The van der Waals surface area contributed by atoms with Crippen molar-refractivity contribution in [3.05, 3.63) is 64.4 Å². The van der Waals surface area contributed by atoms with Crippen LogP contribution in [-0.2, 0) is 4.79 Å². The van der Waals surface area contributed by atoms with Crippen LogP contribution in [0.25, 0.3) is 0 Å². The minimum Gasteiger partial charge on any atom is -0.391 e. The third-order valence-electron chi connectivity index (χ3n) is 6.56. The van der Waals surface area contributed by atoms with Crippen LogP contribution in [-0.4, -0.2) is 64.4 Å². The average Bonchev–Trinajstić information content (AvgIpc) is 3.21. The van der Waals surface area contributed by atoms with Gasteiger partial charge in [-0.1, -0.05) is 25.4 Å². The molecule has 4 atom stereocenters. The Balaban J connectivity index is 1.55. The van der Waals surface area contributed by atoms with Crippen molar-refractivity contribution in [2.45, 2.75) is 38.8 Å². The normalized spacial score (nSPS) is 24.4. The lowest BCUT2D eigenvalue weighted by Crippen LogP contribution is -2.44. The molecule has 3 amide bonds. The van der Waals surface area contributed by atoms with Crippen molar-refractivity contribution in [1.82, 2.24) is 9.80 Å². The summed E-state index contributed by atoms with van der Waals surface area (Å²) >= 11 is 6.19. The van der Waals surface area contributed by atoms with Crippen LogP contribution >= 0.6 is 11.6 Å². The van der Waals surface area contributed by atoms with Gasteiger partial charge in [-0.05, 0) is 60.7 Å². The number of aliphatic hydroxyl groups is 1. The van der Waals surface area contributed by atoms with E-state index in [1.807, 2.05) is 0 Å². The van der Waals surface area contributed by atoms with Crippen LogP contribution in [0.4, 0.5) is 10.1 Å². The maximum absolute atomic E-state index is 13.4. The monoisotopic (exact) mass is 501 g/mol. The van der Waals surface area contributed by atoms with Crippen molar-refractivity contribution in [1.29, 1.82) is 0 Å². The molecular weight excluding hydrogens is 473 g/mol. The lowest BCUT2D eigenvalue weighted by molar-refractivity contribution is -0.119. The maximum atomic E-state index is 13.4. The fraction of sp³-hybridized carbons (Fsp3) is 0.423. The van der Waals surface area contributed by atoms with E-state index in [-0.39, 0.29) is 30.0 Å². The summed E-state index contributed by atoms with van der Waals surface area (Å²) < 4.78 is 13.3. The number of β-amino-alcohol motifs (C(OH)–C–C–N with tert-alkyl or cyclic N) is 1. The highest BCUT2D eigenvalue weighted by Gasteiger charge is 2.39. The molecule has 0 radical (unpaired) electrons. The number of piperidine rings is 1. The molecule has 9 heteroatoms. The van der Waals surface area contributed by atoms with E-state index in [0.29, 0.717) is 35.6 Å². The summed E-state index contributed by atoms with van der Waals surface area (Å²) in [6.07, 6.45) is 0.222. The molecule has 0 aliphatic carbocycles. The summed E-state index contributed by atoms with van der Waals surface area (Å²) in [5.41, 5.74) is 0.793. The maximum Gasteiger partial charge on any atom is 0.256 e. The number of anilines is 1. The number of benzene rings is 2. The molecule has 2 N–H and O–H groups in total. The number of hydrogen-bond acceptors (Lipinski definition) is 4. The first-order chi connectivity index (χ1) is 16.6. The van der Waals surface area contributed by atoms with E-state index in [0.717, 1.165) is 6.42 Å². The van der Waals surface area contributed by atoms with Crippen LogP contribution in [0.3, 0.4) is 0 Å². The first-order valence-electron chi connectivity index (χ1n) is 11.8. The number of likely N-dealkylation sites (tertiary alicyclic amines) is 2. The smallest absolute Gasteiger partial charge is 0.256 e. The highest BCUT2D eigenvalue weighted by atomic mass is 35.5. The molecule has 4 rings (SSSR count). The Morgan fingerprint density at radius 2 is 1.63 bits per heavy atom. The predicted octanol–water partition coefficient (Wildman–Crippen LogP) is 3.81. The fourth-order valence-electron chi connectivity index (χ4n) is 5.06. The SMILES string of the molecule is C[C@@H]1C[C@H](C)CN(C(=O)c2cc(Cl)ccc2NC(=O)C2CC(O)CN2C(=O)c2ccc(F)cc2)C1. The second-order valence-electron chi connectivity index (χ2n) is 9.71. The number of carbonyl (C=O) groups is 3. The van der Waals surface area contributed by atoms with Gasteiger partial charge in [-0.15, -0.1) is 0 Å². The topological polar surface area (TPSA) is 89.9 Å². The highest BCUT2D eigenvalue weighted by Crippen LogP contribution is 2.28. The van der Waals surface area contributed by atoms with E-state index < -0.39 is 29.8 Å². The van der Waals surface area contributed by atoms with Crippen LogP contribution < -0.4 is 5.32 Å². The van der Waals surface area contributed by atoms with Crippen molar-refractivity contribution < 1.29 is 23.9 Å². The van der Waals surface area contributed by atoms with Crippen LogP contribution in [0, 0.1) is 17.7 Å². The van der Waals surface area contributed by atoms with Crippen LogP contribution in [0.1, 0.15) is 47.4 Å². The zero-order valence-corrected chi connectivity index (χ0v) is 20.5. The highest BCUT2D eigenvalue weighted by molar-refractivity contribution is 6.31. The number of carbonyl (C=O) groups excluding carboxylic acids is 3. The molecule has 2 aliphatic heterocycles. The second-order valence-corrected chi connectivity index (χ2v) is 10.1. The lowest BCUT2D eigenvalue weighted by Gasteiger charge is -2.35. The van der Waals surface area contributed by atoms with Gasteiger partial charge in [0.25, 0.3) is 11.8 Å². The molecule has 0 spiro atoms. The Kier molecular flexibility index (Phi) is 7.42. The average molecular weight is 502 g/mol. The summed E-state index contributed by atoms with van der Waals surface area (Å²) in [5, 5.41) is 13.4. The first-order valence-corrected chi connectivity index (χ1v) is 12.1. The van der Waals surface area contributed by atoms with Crippen molar-refractivity contribution in [2.24, 2.45) is 11.8 Å². The van der Waals surface area contributed by atoms with E-state index >= 15 is 0 Å². The van der Waals surface area contributed by atoms with E-state index in [1.165, 1.54) is 35.2 Å². The summed E-state index contributed by atoms with van der Waals surface area (Å²) in [5.74, 6) is -0.961. The summed E-state index contributed by atoms with van der Waals surface area (Å²) in [7, 11) is 0. The Hall–Kier alpha value is -2.97. The van der Waals surface area contributed by atoms with E-state index in [2.05, 4.69) is 19.2 Å². The molecule has 2 aliphatic rings. The molecule has 0 aromatic heterocycles. The number of aliphatic hydroxyl groups excluding tert-OH is 1. The Labute approximate surface area is 208 Å². The molecule has 186 valence electrons. The van der Waals surface area contributed by atoms with Crippen molar-refractivity contribution in [2.75, 3.05) is 25.0 Å². The number of rotatable bonds is 4. The molecule has 0 saturated carbocycles. The molecule has 2 unspecified atom stereocenters. The summed E-state index contributed by atoms with van der Waals surface area (Å²) in [6, 6.07) is 8.76. The van der Waals surface area contributed by atoms with Crippen molar-refractivity contribution in [3.8, 4) is 0 Å². The molecule has 2 fully saturated rings. The van der Waals surface area contributed by atoms with Crippen LogP contribution in [0.2, 0.25) is 5.02 Å². The minimum atomic E-state index is -0.948. The zero-order valence-electron chi connectivity index (χ0n) is 19.7. The largest absolute Gasteiger partial charge is 0.391 e. The van der Waals surface area contributed by atoms with Gasteiger partial charge in [0.05, 0.1) is 17.4 Å². The molecular formula is C26H29ClFN3O4. The number of nitrogens with one attached hydrogen (secondary N) is 1. The Morgan fingerprint density at radius 3 is 2.29 bits per heavy atom. The third kappa shape index (κ3) is 5.65. The first kappa shape index (κ1) is 25.1. The van der Waals surface area contributed by atoms with Gasteiger partial charge in [-0.25, -0.2) is 4.39 Å². The van der Waals surface area contributed by atoms with Gasteiger partial charge in [0, 0.05) is 36.6 Å². The summed E-state index contributed by atoms with van der Waals surface area (Å²) in [4.78, 5) is 42.7. The van der Waals surface area contributed by atoms with Gasteiger partial charge in [-0.3, -0.25) is 14.4 Å². The number of amides is 3. The number of halogens is 2. The van der Waals surface area contributed by atoms with Gasteiger partial charge in [0.1, 0.15) is 11.9 Å². The molecule has 2 aromatic rings. The summed E-state index contributed by atoms with van der Waals surface area (Å²) in [6.45, 7) is 5.43. The quantitative estimate of drug-likeness (QED) is 0.666. The molecule has 2 heterocycles. The standard InChI is InChI=1S/C26H29ClFN3O4/c1-15-9-16(2)13-30(12-15)26(35)21-10-18(27)5-8-22(21)29-24(33)23-11-20(32)14-31(23)25(34)17-3-6-19(28)7-4-17/h3-8,10,15-16,20,23,32H,9,11-14H2,1-2H3,(H,29,33)/t15-,16+,20?,23?. The zero-order chi connectivity index (χ0) is 25.3. The van der Waals surface area contributed by atoms with Crippen LogP contribution in [0.15, 0.2) is 42.5 Å². The predicted molar refractivity (Wildman–Crippen MR) is 131 cm³/mol. The third-order valence-corrected chi connectivity index (χ3v) is 6.79. The van der Waals surface area contributed by atoms with Gasteiger partial charge in [0.15, 0.2) is 0 Å². The Bertz CT molecular complexity index is 1120. The van der Waals surface area contributed by atoms with Gasteiger partial charge < -0.3 is 20.2 Å². The number of nitrogens with zero attached hydrogens (tertiary/aromatic N) is 2. The molecule has 2 aromatic carbocycles. The van der Waals surface area contributed by atoms with E-state index in [9.17, 15) is 23.9 Å². The van der Waals surface area contributed by atoms with Crippen molar-refractivity contribution in [3.63, 3.8) is 0 Å². The molecule has 2 saturated heterocycles. The fourth-order valence-corrected chi connectivity index (χ4v) is 5.23. The van der Waals surface area contributed by atoms with Crippen molar-refractivity contribution >= 4 is 35.0 Å².